The molecule has 24 heavy (non-hydrogen) atoms. The fraction of sp³-hybridized carbons (Fsp3) is 0.368. The number of aliphatic carboxylic acids is 1. The van der Waals surface area contributed by atoms with Crippen molar-refractivity contribution in [1.82, 2.24) is 14.7 Å². The first kappa shape index (κ1) is 16.5. The van der Waals surface area contributed by atoms with Gasteiger partial charge in [-0.1, -0.05) is 42.5 Å². The molecule has 1 unspecified atom stereocenters. The van der Waals surface area contributed by atoms with Crippen LogP contribution in [-0.4, -0.2) is 45.4 Å². The summed E-state index contributed by atoms with van der Waals surface area (Å²) in [4.78, 5) is 13.2. The highest BCUT2D eigenvalue weighted by Gasteiger charge is 2.22. The lowest BCUT2D eigenvalue weighted by molar-refractivity contribution is -0.137. The first-order chi connectivity index (χ1) is 11.7. The Morgan fingerprint density at radius 1 is 1.29 bits per heavy atom. The third-order valence-corrected chi connectivity index (χ3v) is 4.36. The van der Waals surface area contributed by atoms with Crippen molar-refractivity contribution in [2.75, 3.05) is 19.6 Å². The molecule has 5 nitrogen and oxygen atoms in total. The minimum absolute atomic E-state index is 0.0732. The molecule has 1 N–H and O–H groups in total. The van der Waals surface area contributed by atoms with Crippen LogP contribution in [0, 0.1) is 0 Å². The lowest BCUT2D eigenvalue weighted by atomic mass is 9.95. The van der Waals surface area contributed by atoms with Gasteiger partial charge in [0, 0.05) is 25.2 Å². The molecule has 0 radical (unpaired) electrons. The van der Waals surface area contributed by atoms with Crippen LogP contribution in [0.3, 0.4) is 0 Å². The van der Waals surface area contributed by atoms with Crippen molar-refractivity contribution < 1.29 is 9.90 Å². The Labute approximate surface area is 142 Å². The van der Waals surface area contributed by atoms with Gasteiger partial charge in [-0.2, -0.15) is 5.10 Å². The quantitative estimate of drug-likeness (QED) is 0.887. The van der Waals surface area contributed by atoms with Gasteiger partial charge < -0.3 is 5.11 Å². The van der Waals surface area contributed by atoms with Crippen molar-refractivity contribution in [1.29, 1.82) is 0 Å². The number of hydrogen-bond acceptors (Lipinski definition) is 3. The fourth-order valence-electron chi connectivity index (χ4n) is 3.19. The van der Waals surface area contributed by atoms with Crippen LogP contribution < -0.4 is 0 Å². The first-order valence-electron chi connectivity index (χ1n) is 8.40. The van der Waals surface area contributed by atoms with Gasteiger partial charge in [0.1, 0.15) is 6.54 Å². The zero-order valence-electron chi connectivity index (χ0n) is 13.7. The predicted molar refractivity (Wildman–Crippen MR) is 93.8 cm³/mol. The van der Waals surface area contributed by atoms with Crippen LogP contribution in [0.25, 0.3) is 6.08 Å². The number of carbonyl (C=O) groups is 1. The molecule has 1 aliphatic rings. The minimum Gasteiger partial charge on any atom is -0.480 e. The molecule has 2 heterocycles. The summed E-state index contributed by atoms with van der Waals surface area (Å²) in [6.45, 7) is 2.94. The molecule has 1 aromatic carbocycles. The molecule has 3 rings (SSSR count). The Balaban J connectivity index is 1.55. The van der Waals surface area contributed by atoms with Crippen LogP contribution in [0.2, 0.25) is 0 Å². The number of carboxylic acids is 1. The molecule has 0 saturated carbocycles. The number of carboxylic acid groups (broad SMARTS) is 1. The summed E-state index contributed by atoms with van der Waals surface area (Å²) < 4.78 is 1.51. The molecule has 0 aliphatic carbocycles. The van der Waals surface area contributed by atoms with Gasteiger partial charge in [-0.25, -0.2) is 0 Å². The number of likely N-dealkylation sites (tertiary alicyclic amines) is 1. The van der Waals surface area contributed by atoms with Gasteiger partial charge in [-0.15, -0.1) is 0 Å². The summed E-state index contributed by atoms with van der Waals surface area (Å²) in [5.74, 6) is -0.472. The molecule has 126 valence electrons. The molecule has 1 saturated heterocycles. The van der Waals surface area contributed by atoms with Crippen LogP contribution >= 0.6 is 0 Å². The Morgan fingerprint density at radius 3 is 2.92 bits per heavy atom. The van der Waals surface area contributed by atoms with Crippen molar-refractivity contribution in [2.24, 2.45) is 0 Å². The number of rotatable bonds is 6. The van der Waals surface area contributed by atoms with Crippen molar-refractivity contribution in [3.05, 3.63) is 59.9 Å². The molecule has 5 heteroatoms. The monoisotopic (exact) mass is 325 g/mol. The Hall–Kier alpha value is -2.40. The van der Waals surface area contributed by atoms with E-state index in [-0.39, 0.29) is 6.54 Å². The minimum atomic E-state index is -0.860. The molecule has 1 aliphatic heterocycles. The maximum atomic E-state index is 10.8. The number of nitrogens with zero attached hydrogens (tertiary/aromatic N) is 3. The van der Waals surface area contributed by atoms with Crippen LogP contribution in [0.1, 0.15) is 30.0 Å². The van der Waals surface area contributed by atoms with Crippen LogP contribution in [0.15, 0.2) is 48.7 Å². The van der Waals surface area contributed by atoms with Gasteiger partial charge in [0.05, 0.1) is 5.69 Å². The van der Waals surface area contributed by atoms with E-state index in [1.54, 1.807) is 6.20 Å². The summed E-state index contributed by atoms with van der Waals surface area (Å²) in [5.41, 5.74) is 2.23. The summed E-state index contributed by atoms with van der Waals surface area (Å²) in [5, 5.41) is 13.3. The van der Waals surface area contributed by atoms with E-state index in [1.165, 1.54) is 10.2 Å². The van der Waals surface area contributed by atoms with Crippen molar-refractivity contribution in [3.63, 3.8) is 0 Å². The van der Waals surface area contributed by atoms with Crippen molar-refractivity contribution in [2.45, 2.75) is 25.3 Å². The molecule has 0 spiro atoms. The van der Waals surface area contributed by atoms with Crippen molar-refractivity contribution in [3.8, 4) is 0 Å². The van der Waals surface area contributed by atoms with E-state index in [2.05, 4.69) is 34.3 Å². The standard InChI is InChI=1S/C19H23N3O2/c23-19(24)15-22-13-10-18(20-22)17-9-5-12-21(14-17)11-4-8-16-6-2-1-3-7-16/h1-4,6-8,10,13,17H,5,9,11-12,14-15H2,(H,23,24). The van der Waals surface area contributed by atoms with E-state index < -0.39 is 5.97 Å². The Bertz CT molecular complexity index is 694. The van der Waals surface area contributed by atoms with E-state index in [0.29, 0.717) is 5.92 Å². The third-order valence-electron chi connectivity index (χ3n) is 4.36. The summed E-state index contributed by atoms with van der Waals surface area (Å²) in [7, 11) is 0. The number of piperidine rings is 1. The van der Waals surface area contributed by atoms with Gasteiger partial charge in [0.2, 0.25) is 0 Å². The lowest BCUT2D eigenvalue weighted by Gasteiger charge is -2.31. The summed E-state index contributed by atoms with van der Waals surface area (Å²) in [6, 6.07) is 12.3. The van der Waals surface area contributed by atoms with Crippen molar-refractivity contribution >= 4 is 12.0 Å². The molecule has 1 aromatic heterocycles. The predicted octanol–water partition coefficient (Wildman–Crippen LogP) is 2.86. The topological polar surface area (TPSA) is 58.4 Å². The van der Waals surface area contributed by atoms with Gasteiger partial charge >= 0.3 is 5.97 Å². The zero-order chi connectivity index (χ0) is 16.8. The van der Waals surface area contributed by atoms with Crippen LogP contribution in [0.4, 0.5) is 0 Å². The van der Waals surface area contributed by atoms with Crippen LogP contribution in [-0.2, 0) is 11.3 Å². The van der Waals surface area contributed by atoms with E-state index in [4.69, 9.17) is 5.11 Å². The van der Waals surface area contributed by atoms with E-state index in [9.17, 15) is 4.79 Å². The highest BCUT2D eigenvalue weighted by molar-refractivity contribution is 5.66. The van der Waals surface area contributed by atoms with E-state index in [1.807, 2.05) is 24.3 Å². The highest BCUT2D eigenvalue weighted by atomic mass is 16.4. The summed E-state index contributed by atoms with van der Waals surface area (Å²) >= 11 is 0. The SMILES string of the molecule is O=C(O)Cn1ccc(C2CCCN(CC=Cc3ccccc3)C2)n1. The second-order valence-electron chi connectivity index (χ2n) is 6.24. The second-order valence-corrected chi connectivity index (χ2v) is 6.24. The second kappa shape index (κ2) is 7.93. The first-order valence-corrected chi connectivity index (χ1v) is 8.40. The maximum Gasteiger partial charge on any atom is 0.325 e. The van der Waals surface area contributed by atoms with Gasteiger partial charge in [0.25, 0.3) is 0 Å². The zero-order valence-corrected chi connectivity index (χ0v) is 13.7. The molecular formula is C19H23N3O2. The third kappa shape index (κ3) is 4.55. The van der Waals surface area contributed by atoms with Crippen LogP contribution in [0.5, 0.6) is 0 Å². The number of aromatic nitrogens is 2. The number of hydrogen-bond donors (Lipinski definition) is 1. The number of benzene rings is 1. The normalized spacial score (nSPS) is 18.9. The maximum absolute atomic E-state index is 10.8. The highest BCUT2D eigenvalue weighted by Crippen LogP contribution is 2.25. The lowest BCUT2D eigenvalue weighted by Crippen LogP contribution is -2.34. The average Bonchev–Trinajstić information content (AvgIpc) is 3.04. The van der Waals surface area contributed by atoms with Gasteiger partial charge in [-0.05, 0) is 31.0 Å². The van der Waals surface area contributed by atoms with Gasteiger partial charge in [0.15, 0.2) is 0 Å². The molecule has 0 bridgehead atoms. The fourth-order valence-corrected chi connectivity index (χ4v) is 3.19. The average molecular weight is 325 g/mol. The smallest absolute Gasteiger partial charge is 0.325 e. The van der Waals surface area contributed by atoms with E-state index in [0.717, 1.165) is 38.2 Å². The largest absolute Gasteiger partial charge is 0.480 e. The molecule has 1 atom stereocenters. The molecular weight excluding hydrogens is 302 g/mol. The van der Waals surface area contributed by atoms with Gasteiger partial charge in [-0.3, -0.25) is 14.4 Å². The van der Waals surface area contributed by atoms with E-state index >= 15 is 0 Å². The molecule has 1 fully saturated rings. The molecule has 0 amide bonds. The Morgan fingerprint density at radius 2 is 2.12 bits per heavy atom. The summed E-state index contributed by atoms with van der Waals surface area (Å²) in [6.07, 6.45) is 8.39. The molecule has 2 aromatic rings. The Kier molecular flexibility index (Phi) is 5.43.